The van der Waals surface area contributed by atoms with Crippen LogP contribution in [0.4, 0.5) is 4.79 Å². The second kappa shape index (κ2) is 17.3. The van der Waals surface area contributed by atoms with Crippen LogP contribution in [0.25, 0.3) is 0 Å². The predicted octanol–water partition coefficient (Wildman–Crippen LogP) is 4.05. The molecule has 11 nitrogen and oxygen atoms in total. The number of aliphatic hydroxyl groups is 1. The van der Waals surface area contributed by atoms with E-state index >= 15 is 0 Å². The van der Waals surface area contributed by atoms with Crippen LogP contribution < -0.4 is 5.32 Å². The van der Waals surface area contributed by atoms with Gasteiger partial charge in [-0.05, 0) is 36.7 Å². The summed E-state index contributed by atoms with van der Waals surface area (Å²) in [7, 11) is 1.54. The van der Waals surface area contributed by atoms with Crippen molar-refractivity contribution in [3.63, 3.8) is 0 Å². The van der Waals surface area contributed by atoms with Crippen LogP contribution in [0, 0.1) is 11.8 Å². The largest absolute Gasteiger partial charge is 0.436 e. The summed E-state index contributed by atoms with van der Waals surface area (Å²) < 4.78 is 5.76. The number of ketones is 1. The molecule has 1 saturated carbocycles. The number of likely N-dealkylation sites (N-methyl/N-ethyl adjacent to an activating group) is 1. The fraction of sp³-hybridized carbons (Fsp3) is 0.629. The van der Waals surface area contributed by atoms with Crippen molar-refractivity contribution in [2.24, 2.45) is 11.8 Å². The molecule has 0 spiro atoms. The molecule has 2 aliphatic rings. The summed E-state index contributed by atoms with van der Waals surface area (Å²) in [6.07, 6.45) is 8.78. The Morgan fingerprint density at radius 2 is 1.85 bits per heavy atom. The van der Waals surface area contributed by atoms with Crippen LogP contribution in [0.2, 0.25) is 0 Å². The number of carbonyl (C=O) groups excluding carboxylic acids is 4. The zero-order valence-corrected chi connectivity index (χ0v) is 27.5. The Balaban J connectivity index is 1.56. The number of aliphatic hydroxyl groups excluding tert-OH is 1. The van der Waals surface area contributed by atoms with Crippen molar-refractivity contribution in [2.45, 2.75) is 109 Å². The fourth-order valence-corrected chi connectivity index (χ4v) is 6.46. The maximum Gasteiger partial charge on any atom is 0.410 e. The van der Waals surface area contributed by atoms with Gasteiger partial charge in [-0.3, -0.25) is 14.4 Å². The lowest BCUT2D eigenvalue weighted by Crippen LogP contribution is -2.56. The number of hydrogen-bond donors (Lipinski definition) is 3. The second-order valence-corrected chi connectivity index (χ2v) is 13.4. The fourth-order valence-electron chi connectivity index (χ4n) is 6.46. The molecular weight excluding hydrogens is 586 g/mol. The van der Waals surface area contributed by atoms with Gasteiger partial charge in [-0.15, -0.1) is 0 Å². The summed E-state index contributed by atoms with van der Waals surface area (Å²) in [5.74, 6) is -0.154. The van der Waals surface area contributed by atoms with E-state index in [0.29, 0.717) is 30.4 Å². The van der Waals surface area contributed by atoms with Crippen LogP contribution in [-0.4, -0.2) is 93.0 Å². The third kappa shape index (κ3) is 10.4. The number of amides is 3. The van der Waals surface area contributed by atoms with Gasteiger partial charge in [0.1, 0.15) is 6.04 Å². The number of likely N-dealkylation sites (tertiary alicyclic amines) is 1. The molecule has 1 aromatic heterocycles. The number of Topliss-reactive ketones (excluding diaryl/α,β-unsaturated/α-hetero) is 1. The topological polar surface area (TPSA) is 145 Å². The number of benzene rings is 1. The molecule has 3 amide bonds. The molecule has 1 aromatic carbocycles. The van der Waals surface area contributed by atoms with Gasteiger partial charge in [0.25, 0.3) is 5.91 Å². The minimum atomic E-state index is -1.22. The van der Waals surface area contributed by atoms with Crippen molar-refractivity contribution in [2.75, 3.05) is 20.1 Å². The molecule has 2 heterocycles. The Morgan fingerprint density at radius 3 is 2.48 bits per heavy atom. The lowest BCUT2D eigenvalue weighted by Gasteiger charge is -2.34. The van der Waals surface area contributed by atoms with Gasteiger partial charge in [0.05, 0.1) is 30.7 Å². The average molecular weight is 638 g/mol. The van der Waals surface area contributed by atoms with Crippen LogP contribution in [-0.2, 0) is 32.0 Å². The standard InChI is InChI=1S/C35H51N5O6/c1-24(2)14-15-31(42)29(18-25-10-6-4-7-11-25)38-33(43)30(20-27-21-36-23-37-27)39(3)34(44)32(19-26-12-8-5-9-13-26)46-35(45)40-17-16-28(41)22-40/h5,8-9,12-13,21,23-25,29-32,42H,4,6-7,10-11,14-20,22H2,1-3H3,(H,36,37)(H,38,43)/t29-,30-,31-,32-/m0/s1. The third-order valence-electron chi connectivity index (χ3n) is 9.29. The van der Waals surface area contributed by atoms with Crippen molar-refractivity contribution in [3.05, 3.63) is 54.1 Å². The van der Waals surface area contributed by atoms with E-state index in [9.17, 15) is 24.3 Å². The lowest BCUT2D eigenvalue weighted by atomic mass is 9.83. The summed E-state index contributed by atoms with van der Waals surface area (Å²) in [4.78, 5) is 63.1. The summed E-state index contributed by atoms with van der Waals surface area (Å²) in [6.45, 7) is 4.42. The maximum absolute atomic E-state index is 14.2. The van der Waals surface area contributed by atoms with Gasteiger partial charge in [-0.1, -0.05) is 76.3 Å². The van der Waals surface area contributed by atoms with E-state index in [1.54, 1.807) is 6.20 Å². The van der Waals surface area contributed by atoms with Gasteiger partial charge in [0, 0.05) is 39.1 Å². The summed E-state index contributed by atoms with van der Waals surface area (Å²) >= 11 is 0. The quantitative estimate of drug-likeness (QED) is 0.267. The molecule has 252 valence electrons. The summed E-state index contributed by atoms with van der Waals surface area (Å²) in [6, 6.07) is 7.79. The zero-order chi connectivity index (χ0) is 33.1. The Labute approximate surface area is 272 Å². The highest BCUT2D eigenvalue weighted by Gasteiger charge is 2.37. The minimum Gasteiger partial charge on any atom is -0.436 e. The van der Waals surface area contributed by atoms with Crippen LogP contribution >= 0.6 is 0 Å². The molecule has 3 N–H and O–H groups in total. The smallest absolute Gasteiger partial charge is 0.410 e. The van der Waals surface area contributed by atoms with Crippen molar-refractivity contribution in [3.8, 4) is 0 Å². The van der Waals surface area contributed by atoms with Crippen LogP contribution in [0.3, 0.4) is 0 Å². The van der Waals surface area contributed by atoms with E-state index < -0.39 is 42.2 Å². The molecule has 46 heavy (non-hydrogen) atoms. The number of imidazole rings is 1. The highest BCUT2D eigenvalue weighted by molar-refractivity contribution is 5.91. The van der Waals surface area contributed by atoms with E-state index in [2.05, 4.69) is 29.1 Å². The number of ether oxygens (including phenoxy) is 1. The molecule has 11 heteroatoms. The predicted molar refractivity (Wildman–Crippen MR) is 174 cm³/mol. The van der Waals surface area contributed by atoms with Crippen molar-refractivity contribution >= 4 is 23.7 Å². The highest BCUT2D eigenvalue weighted by atomic mass is 16.6. The first-order valence-electron chi connectivity index (χ1n) is 16.8. The molecule has 1 saturated heterocycles. The SMILES string of the molecule is CC(C)CC[C@H](O)[C@H](CC1CCCCC1)NC(=O)[C@H](Cc1c[nH]cn1)N(C)C(=O)[C@H](Cc1ccccc1)OC(=O)N1CCC(=O)C1. The van der Waals surface area contributed by atoms with Crippen LogP contribution in [0.1, 0.15) is 82.9 Å². The first-order chi connectivity index (χ1) is 22.1. The Bertz CT molecular complexity index is 1260. The van der Waals surface area contributed by atoms with Crippen molar-refractivity contribution in [1.82, 2.24) is 25.1 Å². The number of hydrogen-bond acceptors (Lipinski definition) is 7. The summed E-state index contributed by atoms with van der Waals surface area (Å²) in [5.41, 5.74) is 1.38. The molecule has 2 fully saturated rings. The number of aromatic amines is 1. The Morgan fingerprint density at radius 1 is 1.11 bits per heavy atom. The van der Waals surface area contributed by atoms with Gasteiger partial charge in [0.2, 0.25) is 5.91 Å². The highest BCUT2D eigenvalue weighted by Crippen LogP contribution is 2.29. The lowest BCUT2D eigenvalue weighted by molar-refractivity contribution is -0.146. The number of nitrogens with one attached hydrogen (secondary N) is 2. The monoisotopic (exact) mass is 637 g/mol. The molecule has 2 aromatic rings. The van der Waals surface area contributed by atoms with Gasteiger partial charge in [-0.25, -0.2) is 9.78 Å². The van der Waals surface area contributed by atoms with E-state index in [1.165, 1.54) is 29.6 Å². The second-order valence-electron chi connectivity index (χ2n) is 13.4. The molecule has 4 rings (SSSR count). The van der Waals surface area contributed by atoms with Crippen LogP contribution in [0.5, 0.6) is 0 Å². The molecule has 0 bridgehead atoms. The van der Waals surface area contributed by atoms with E-state index in [4.69, 9.17) is 4.74 Å². The number of rotatable bonds is 15. The van der Waals surface area contributed by atoms with Gasteiger partial charge >= 0.3 is 6.09 Å². The average Bonchev–Trinajstić information content (AvgIpc) is 3.74. The van der Waals surface area contributed by atoms with Crippen molar-refractivity contribution in [1.29, 1.82) is 0 Å². The van der Waals surface area contributed by atoms with Crippen molar-refractivity contribution < 1.29 is 29.0 Å². The Hall–Kier alpha value is -3.73. The van der Waals surface area contributed by atoms with Crippen LogP contribution in [0.15, 0.2) is 42.9 Å². The van der Waals surface area contributed by atoms with Gasteiger partial charge < -0.3 is 29.9 Å². The number of nitrogens with zero attached hydrogens (tertiary/aromatic N) is 3. The zero-order valence-electron chi connectivity index (χ0n) is 27.5. The molecule has 1 aliphatic heterocycles. The van der Waals surface area contributed by atoms with E-state index in [1.807, 2.05) is 30.3 Å². The maximum atomic E-state index is 14.2. The molecule has 4 atom stereocenters. The Kier molecular flexibility index (Phi) is 13.2. The molecule has 0 unspecified atom stereocenters. The number of H-pyrrole nitrogens is 1. The number of carbonyl (C=O) groups is 4. The van der Waals surface area contributed by atoms with Gasteiger partial charge in [-0.2, -0.15) is 0 Å². The first-order valence-corrected chi connectivity index (χ1v) is 16.8. The molecule has 0 radical (unpaired) electrons. The third-order valence-corrected chi connectivity index (χ3v) is 9.29. The molecular formula is C35H51N5O6. The molecule has 1 aliphatic carbocycles. The normalized spacial score (nSPS) is 18.2. The first kappa shape index (κ1) is 35.1. The van der Waals surface area contributed by atoms with E-state index in [-0.39, 0.29) is 38.1 Å². The minimum absolute atomic E-state index is 0.0490. The number of aromatic nitrogens is 2. The summed E-state index contributed by atoms with van der Waals surface area (Å²) in [5, 5.41) is 14.4. The van der Waals surface area contributed by atoms with E-state index in [0.717, 1.165) is 37.7 Å². The van der Waals surface area contributed by atoms with Gasteiger partial charge in [0.15, 0.2) is 11.9 Å².